The first-order valence-corrected chi connectivity index (χ1v) is 7.36. The first-order chi connectivity index (χ1) is 10.8. The van der Waals surface area contributed by atoms with Gasteiger partial charge in [-0.2, -0.15) is 0 Å². The third-order valence-electron chi connectivity index (χ3n) is 4.32. The van der Waals surface area contributed by atoms with Crippen LogP contribution < -0.4 is 4.90 Å². The van der Waals surface area contributed by atoms with Crippen molar-refractivity contribution in [3.05, 3.63) is 84.2 Å². The number of hydrogen-bond acceptors (Lipinski definition) is 2. The molecule has 0 unspecified atom stereocenters. The topological polar surface area (TPSA) is 25.2 Å². The lowest BCUT2D eigenvalue weighted by Crippen LogP contribution is -2.28. The highest BCUT2D eigenvalue weighted by Gasteiger charge is 2.33. The lowest BCUT2D eigenvalue weighted by Gasteiger charge is -2.34. The Morgan fingerprint density at radius 1 is 0.818 bits per heavy atom. The molecule has 2 aromatic carbocycles. The molecule has 3 aromatic rings. The molecule has 0 atom stereocenters. The number of carbonyl (C=O) groups excluding carboxylic acids is 1. The lowest BCUT2D eigenvalue weighted by molar-refractivity contribution is 0.0893. The molecule has 3 heteroatoms. The molecule has 0 amide bonds. The summed E-state index contributed by atoms with van der Waals surface area (Å²) in [5.41, 5.74) is 4.29. The molecule has 0 fully saturated rings. The van der Waals surface area contributed by atoms with Crippen molar-refractivity contribution in [1.29, 1.82) is 0 Å². The molecule has 1 aliphatic heterocycles. The number of hydrogen-bond donors (Lipinski definition) is 0. The van der Waals surface area contributed by atoms with Gasteiger partial charge in [-0.05, 0) is 35.4 Å². The monoisotopic (exact) mass is 288 g/mol. The van der Waals surface area contributed by atoms with Gasteiger partial charge in [0.15, 0.2) is 0 Å². The van der Waals surface area contributed by atoms with E-state index in [0.717, 1.165) is 22.5 Å². The average Bonchev–Trinajstić information content (AvgIpc) is 3.10. The van der Waals surface area contributed by atoms with Crippen LogP contribution in [0.15, 0.2) is 73.1 Å². The van der Waals surface area contributed by atoms with E-state index in [1.54, 1.807) is 4.57 Å². The molecule has 0 saturated heterocycles. The minimum atomic E-state index is -0.268. The third-order valence-corrected chi connectivity index (χ3v) is 4.32. The maximum Gasteiger partial charge on any atom is 0.242 e. The van der Waals surface area contributed by atoms with E-state index >= 15 is 0 Å². The highest BCUT2D eigenvalue weighted by molar-refractivity contribution is 5.95. The van der Waals surface area contributed by atoms with Crippen molar-refractivity contribution in [2.75, 3.05) is 11.9 Å². The Hall–Kier alpha value is -2.81. The summed E-state index contributed by atoms with van der Waals surface area (Å²) in [6.07, 6.45) is 3.62. The second-order valence-corrected chi connectivity index (χ2v) is 5.54. The van der Waals surface area contributed by atoms with E-state index in [0.29, 0.717) is 0 Å². The van der Waals surface area contributed by atoms with E-state index < -0.39 is 0 Å². The summed E-state index contributed by atoms with van der Waals surface area (Å²) < 4.78 is 1.67. The number of benzene rings is 2. The van der Waals surface area contributed by atoms with Gasteiger partial charge in [0.25, 0.3) is 0 Å². The molecule has 0 radical (unpaired) electrons. The molecule has 0 bridgehead atoms. The summed E-state index contributed by atoms with van der Waals surface area (Å²) in [6.45, 7) is 0. The Bertz CT molecular complexity index is 789. The summed E-state index contributed by atoms with van der Waals surface area (Å²) in [5.74, 6) is -0.186. The fourth-order valence-electron chi connectivity index (χ4n) is 3.27. The number of fused-ring (bicyclic) bond motifs is 2. The fraction of sp³-hybridized carbons (Fsp3) is 0.105. The van der Waals surface area contributed by atoms with Crippen LogP contribution in [0, 0.1) is 0 Å². The quantitative estimate of drug-likeness (QED) is 0.675. The molecule has 4 rings (SSSR count). The van der Waals surface area contributed by atoms with Gasteiger partial charge in [0.1, 0.15) is 0 Å². The van der Waals surface area contributed by atoms with Crippen LogP contribution in [0.25, 0.3) is 0 Å². The predicted molar refractivity (Wildman–Crippen MR) is 87.8 cm³/mol. The van der Waals surface area contributed by atoms with Gasteiger partial charge in [-0.1, -0.05) is 36.4 Å². The van der Waals surface area contributed by atoms with Gasteiger partial charge in [0.05, 0.1) is 5.92 Å². The second kappa shape index (κ2) is 4.88. The number of rotatable bonds is 1. The third kappa shape index (κ3) is 1.79. The van der Waals surface area contributed by atoms with Crippen LogP contribution in [0.4, 0.5) is 11.4 Å². The average molecular weight is 288 g/mol. The molecule has 3 nitrogen and oxygen atoms in total. The van der Waals surface area contributed by atoms with Crippen LogP contribution in [0.2, 0.25) is 0 Å². The standard InChI is InChI=1S/C19H16N2O/c1-20-16-10-4-2-8-14(16)18(15-9-3-5-11-17(15)20)19(22)21-12-6-7-13-21/h2-13,18H,1H3. The number of para-hydroxylation sites is 2. The highest BCUT2D eigenvalue weighted by atomic mass is 16.2. The molecular formula is C19H16N2O. The second-order valence-electron chi connectivity index (χ2n) is 5.54. The molecule has 22 heavy (non-hydrogen) atoms. The van der Waals surface area contributed by atoms with Crippen molar-refractivity contribution in [3.8, 4) is 0 Å². The van der Waals surface area contributed by atoms with Gasteiger partial charge in [-0.15, -0.1) is 0 Å². The predicted octanol–water partition coefficient (Wildman–Crippen LogP) is 4.04. The Balaban J connectivity index is 1.95. The molecule has 0 N–H and O–H groups in total. The summed E-state index contributed by atoms with van der Waals surface area (Å²) in [5, 5.41) is 0. The number of aromatic nitrogens is 1. The molecule has 108 valence electrons. The Morgan fingerprint density at radius 2 is 1.32 bits per heavy atom. The summed E-state index contributed by atoms with van der Waals surface area (Å²) >= 11 is 0. The molecule has 0 saturated carbocycles. The first kappa shape index (κ1) is 12.9. The zero-order valence-electron chi connectivity index (χ0n) is 12.3. The lowest BCUT2D eigenvalue weighted by atomic mass is 9.84. The molecular weight excluding hydrogens is 272 g/mol. The molecule has 0 spiro atoms. The van der Waals surface area contributed by atoms with Gasteiger partial charge in [0.2, 0.25) is 5.91 Å². The Kier molecular flexibility index (Phi) is 2.86. The number of nitrogens with zero attached hydrogens (tertiary/aromatic N) is 2. The van der Waals surface area contributed by atoms with Crippen molar-refractivity contribution in [2.24, 2.45) is 0 Å². The van der Waals surface area contributed by atoms with E-state index in [1.165, 1.54) is 0 Å². The van der Waals surface area contributed by atoms with Crippen molar-refractivity contribution in [2.45, 2.75) is 5.92 Å². The van der Waals surface area contributed by atoms with Crippen molar-refractivity contribution < 1.29 is 4.79 Å². The van der Waals surface area contributed by atoms with E-state index in [-0.39, 0.29) is 11.8 Å². The molecule has 0 aliphatic carbocycles. The van der Waals surface area contributed by atoms with E-state index in [2.05, 4.69) is 17.0 Å². The van der Waals surface area contributed by atoms with Crippen molar-refractivity contribution >= 4 is 17.3 Å². The summed E-state index contributed by atoms with van der Waals surface area (Å²) in [4.78, 5) is 15.2. The largest absolute Gasteiger partial charge is 0.344 e. The van der Waals surface area contributed by atoms with Crippen LogP contribution in [0.3, 0.4) is 0 Å². The minimum absolute atomic E-state index is 0.0815. The molecule has 1 aliphatic rings. The smallest absolute Gasteiger partial charge is 0.242 e. The Labute approximate surface area is 129 Å². The van der Waals surface area contributed by atoms with Gasteiger partial charge in [-0.3, -0.25) is 9.36 Å². The zero-order chi connectivity index (χ0) is 15.1. The maximum absolute atomic E-state index is 13.0. The fourth-order valence-corrected chi connectivity index (χ4v) is 3.27. The summed E-state index contributed by atoms with van der Waals surface area (Å²) in [7, 11) is 2.05. The van der Waals surface area contributed by atoms with Crippen LogP contribution in [0.5, 0.6) is 0 Å². The SMILES string of the molecule is CN1c2ccccc2C(C(=O)n2cccc2)c2ccccc21. The highest BCUT2D eigenvalue weighted by Crippen LogP contribution is 2.44. The van der Waals surface area contributed by atoms with Crippen LogP contribution >= 0.6 is 0 Å². The molecule has 2 heterocycles. The van der Waals surface area contributed by atoms with Crippen molar-refractivity contribution in [1.82, 2.24) is 4.57 Å². The number of carbonyl (C=O) groups is 1. The van der Waals surface area contributed by atoms with Gasteiger partial charge >= 0.3 is 0 Å². The molecule has 1 aromatic heterocycles. The first-order valence-electron chi connectivity index (χ1n) is 7.36. The van der Waals surface area contributed by atoms with Crippen molar-refractivity contribution in [3.63, 3.8) is 0 Å². The van der Waals surface area contributed by atoms with Gasteiger partial charge in [-0.25, -0.2) is 0 Å². The van der Waals surface area contributed by atoms with E-state index in [1.807, 2.05) is 68.0 Å². The number of anilines is 2. The zero-order valence-corrected chi connectivity index (χ0v) is 12.3. The van der Waals surface area contributed by atoms with Crippen LogP contribution in [-0.4, -0.2) is 17.5 Å². The van der Waals surface area contributed by atoms with E-state index in [9.17, 15) is 4.79 Å². The van der Waals surface area contributed by atoms with Crippen LogP contribution in [0.1, 0.15) is 21.8 Å². The van der Waals surface area contributed by atoms with Gasteiger partial charge in [0, 0.05) is 30.8 Å². The van der Waals surface area contributed by atoms with Gasteiger partial charge < -0.3 is 4.90 Å². The Morgan fingerprint density at radius 3 is 1.86 bits per heavy atom. The van der Waals surface area contributed by atoms with E-state index in [4.69, 9.17) is 0 Å². The minimum Gasteiger partial charge on any atom is -0.344 e. The summed E-state index contributed by atoms with van der Waals surface area (Å²) in [6, 6.07) is 20.0. The maximum atomic E-state index is 13.0. The van der Waals surface area contributed by atoms with Crippen LogP contribution in [-0.2, 0) is 0 Å². The normalized spacial score (nSPS) is 13.6.